The van der Waals surface area contributed by atoms with Gasteiger partial charge in [-0.25, -0.2) is 0 Å². The van der Waals surface area contributed by atoms with E-state index in [4.69, 9.17) is 4.74 Å². The van der Waals surface area contributed by atoms with E-state index in [9.17, 15) is 14.9 Å². The third-order valence-corrected chi connectivity index (χ3v) is 5.40. The average Bonchev–Trinajstić information content (AvgIpc) is 3.13. The predicted molar refractivity (Wildman–Crippen MR) is 108 cm³/mol. The van der Waals surface area contributed by atoms with Gasteiger partial charge in [0.05, 0.1) is 35.7 Å². The van der Waals surface area contributed by atoms with Crippen LogP contribution in [-0.2, 0) is 14.3 Å². The van der Waals surface area contributed by atoms with Gasteiger partial charge in [-0.2, -0.15) is 10.4 Å². The summed E-state index contributed by atoms with van der Waals surface area (Å²) in [6.45, 7) is 3.62. The maximum absolute atomic E-state index is 11.9. The fourth-order valence-corrected chi connectivity index (χ4v) is 3.77. The molecule has 1 aromatic carbocycles. The third-order valence-electron chi connectivity index (χ3n) is 4.54. The lowest BCUT2D eigenvalue weighted by atomic mass is 9.96. The molecule has 0 aromatic heterocycles. The highest BCUT2D eigenvalue weighted by atomic mass is 32.2. The number of nitriles is 1. The van der Waals surface area contributed by atoms with E-state index in [1.807, 2.05) is 19.1 Å². The maximum atomic E-state index is 11.9. The number of carbonyl (C=O) groups is 2. The van der Waals surface area contributed by atoms with Gasteiger partial charge in [0, 0.05) is 13.1 Å². The zero-order chi connectivity index (χ0) is 19.9. The Morgan fingerprint density at radius 3 is 2.89 bits per heavy atom. The Hall–Kier alpha value is -2.86. The molecule has 0 unspecified atom stereocenters. The van der Waals surface area contributed by atoms with Crippen LogP contribution in [0.25, 0.3) is 0 Å². The Bertz CT molecular complexity index is 854. The minimum absolute atomic E-state index is 0.0683. The maximum Gasteiger partial charge on any atom is 0.309 e. The van der Waals surface area contributed by atoms with E-state index in [0.717, 1.165) is 11.3 Å². The molecule has 0 bridgehead atoms. The highest BCUT2D eigenvalue weighted by Gasteiger charge is 2.27. The van der Waals surface area contributed by atoms with Crippen molar-refractivity contribution in [3.8, 4) is 6.07 Å². The third kappa shape index (κ3) is 4.89. The molecule has 0 atom stereocenters. The molecule has 3 rings (SSSR count). The van der Waals surface area contributed by atoms with Crippen molar-refractivity contribution < 1.29 is 14.3 Å². The van der Waals surface area contributed by atoms with Crippen LogP contribution in [0, 0.1) is 17.2 Å². The van der Waals surface area contributed by atoms with Crippen molar-refractivity contribution in [1.82, 2.24) is 5.32 Å². The van der Waals surface area contributed by atoms with E-state index in [0.29, 0.717) is 49.0 Å². The van der Waals surface area contributed by atoms with Crippen LogP contribution in [0.1, 0.15) is 30.9 Å². The lowest BCUT2D eigenvalue weighted by Crippen LogP contribution is -2.37. The number of anilines is 1. The quantitative estimate of drug-likeness (QED) is 0.460. The van der Waals surface area contributed by atoms with Gasteiger partial charge in [-0.15, -0.1) is 5.10 Å². The second-order valence-electron chi connectivity index (χ2n) is 6.39. The Balaban J connectivity index is 1.65. The van der Waals surface area contributed by atoms with Crippen molar-refractivity contribution in [3.05, 3.63) is 29.3 Å². The summed E-state index contributed by atoms with van der Waals surface area (Å²) in [5.41, 5.74) is 2.15. The van der Waals surface area contributed by atoms with Gasteiger partial charge in [0.25, 0.3) is 0 Å². The van der Waals surface area contributed by atoms with E-state index in [1.165, 1.54) is 11.8 Å². The van der Waals surface area contributed by atoms with E-state index in [-0.39, 0.29) is 17.8 Å². The van der Waals surface area contributed by atoms with Crippen molar-refractivity contribution >= 4 is 40.7 Å². The van der Waals surface area contributed by atoms with Gasteiger partial charge in [0.1, 0.15) is 6.07 Å². The molecule has 0 aliphatic carbocycles. The number of hydrogen-bond donors (Lipinski definition) is 1. The first-order valence-electron chi connectivity index (χ1n) is 9.10. The summed E-state index contributed by atoms with van der Waals surface area (Å²) in [6, 6.07) is 7.76. The molecule has 146 valence electrons. The number of esters is 1. The fraction of sp³-hybridized carbons (Fsp3) is 0.421. The van der Waals surface area contributed by atoms with Crippen molar-refractivity contribution in [3.63, 3.8) is 0 Å². The number of amides is 1. The van der Waals surface area contributed by atoms with Crippen LogP contribution in [0.5, 0.6) is 0 Å². The first kappa shape index (κ1) is 19.9. The molecule has 1 aromatic rings. The van der Waals surface area contributed by atoms with Gasteiger partial charge >= 0.3 is 5.97 Å². The number of carbonyl (C=O) groups excluding carboxylic acids is 2. The molecule has 2 aliphatic heterocycles. The Labute approximate surface area is 167 Å². The zero-order valence-corrected chi connectivity index (χ0v) is 16.4. The largest absolute Gasteiger partial charge is 0.466 e. The molecule has 0 spiro atoms. The molecule has 9 heteroatoms. The van der Waals surface area contributed by atoms with E-state index in [2.05, 4.69) is 26.5 Å². The fourth-order valence-electron chi connectivity index (χ4n) is 3.14. The zero-order valence-electron chi connectivity index (χ0n) is 15.6. The van der Waals surface area contributed by atoms with E-state index < -0.39 is 0 Å². The number of rotatable bonds is 5. The Morgan fingerprint density at radius 2 is 2.25 bits per heavy atom. The predicted octanol–water partition coefficient (Wildman–Crippen LogP) is 1.89. The second kappa shape index (κ2) is 9.37. The summed E-state index contributed by atoms with van der Waals surface area (Å²) in [5.74, 6) is 0.0737. The number of hydrogen-bond acceptors (Lipinski definition) is 8. The molecule has 2 saturated heterocycles. The number of amidine groups is 1. The van der Waals surface area contributed by atoms with Crippen LogP contribution in [0.15, 0.2) is 28.4 Å². The van der Waals surface area contributed by atoms with Crippen LogP contribution in [0.2, 0.25) is 0 Å². The van der Waals surface area contributed by atoms with Gasteiger partial charge in [-0.05, 0) is 37.5 Å². The van der Waals surface area contributed by atoms with E-state index in [1.54, 1.807) is 12.3 Å². The first-order valence-corrected chi connectivity index (χ1v) is 10.1. The molecule has 8 nitrogen and oxygen atoms in total. The first-order chi connectivity index (χ1) is 13.6. The Morgan fingerprint density at radius 1 is 1.46 bits per heavy atom. The number of thioether (sulfide) groups is 1. The van der Waals surface area contributed by atoms with Crippen molar-refractivity contribution in [2.75, 3.05) is 30.3 Å². The molecule has 0 radical (unpaired) electrons. The number of benzene rings is 1. The molecular formula is C19H21N5O3S. The van der Waals surface area contributed by atoms with Gasteiger partial charge < -0.3 is 15.0 Å². The van der Waals surface area contributed by atoms with Gasteiger partial charge in [-0.1, -0.05) is 17.8 Å². The minimum Gasteiger partial charge on any atom is -0.466 e. The van der Waals surface area contributed by atoms with Gasteiger partial charge in [0.2, 0.25) is 5.91 Å². The lowest BCUT2D eigenvalue weighted by Gasteiger charge is -2.33. The van der Waals surface area contributed by atoms with Crippen molar-refractivity contribution in [1.29, 1.82) is 5.26 Å². The molecule has 2 aliphatic rings. The minimum atomic E-state index is -0.132. The number of nitrogens with one attached hydrogen (secondary N) is 1. The van der Waals surface area contributed by atoms with Crippen LogP contribution in [0.3, 0.4) is 0 Å². The normalized spacial score (nSPS) is 19.1. The summed E-state index contributed by atoms with van der Waals surface area (Å²) < 4.78 is 5.10. The molecule has 2 heterocycles. The molecule has 2 fully saturated rings. The topological polar surface area (TPSA) is 107 Å². The number of nitrogens with zero attached hydrogens (tertiary/aromatic N) is 4. The summed E-state index contributed by atoms with van der Waals surface area (Å²) in [7, 11) is 0. The van der Waals surface area contributed by atoms with Crippen molar-refractivity contribution in [2.45, 2.75) is 19.8 Å². The summed E-state index contributed by atoms with van der Waals surface area (Å²) in [4.78, 5) is 25.1. The van der Waals surface area contributed by atoms with E-state index >= 15 is 0 Å². The smallest absolute Gasteiger partial charge is 0.309 e. The lowest BCUT2D eigenvalue weighted by molar-refractivity contribution is -0.148. The molecule has 1 N–H and O–H groups in total. The SMILES string of the molecule is CCOC(=O)C1CCN(c2ccc(C=NN=C3NC(=O)CS3)cc2C#N)CC1. The van der Waals surface area contributed by atoms with Crippen LogP contribution < -0.4 is 10.2 Å². The number of piperidine rings is 1. The van der Waals surface area contributed by atoms with Crippen LogP contribution >= 0.6 is 11.8 Å². The van der Waals surface area contributed by atoms with Gasteiger partial charge in [0.15, 0.2) is 5.17 Å². The monoisotopic (exact) mass is 399 g/mol. The standard InChI is InChI=1S/C19H21N5O3S/c1-2-27-18(26)14-5-7-24(8-6-14)16-4-3-13(9-15(16)10-20)11-21-23-19-22-17(25)12-28-19/h3-4,9,11,14H,2,5-8,12H2,1H3,(H,22,23,25). The molecule has 28 heavy (non-hydrogen) atoms. The molecule has 1 amide bonds. The summed E-state index contributed by atoms with van der Waals surface area (Å²) >= 11 is 1.30. The molecule has 0 saturated carbocycles. The van der Waals surface area contributed by atoms with Crippen molar-refractivity contribution in [2.24, 2.45) is 16.1 Å². The highest BCUT2D eigenvalue weighted by molar-refractivity contribution is 8.15. The van der Waals surface area contributed by atoms with Gasteiger partial charge in [-0.3, -0.25) is 9.59 Å². The Kier molecular flexibility index (Phi) is 6.66. The highest BCUT2D eigenvalue weighted by Crippen LogP contribution is 2.27. The summed E-state index contributed by atoms with van der Waals surface area (Å²) in [5, 5.41) is 20.5. The molecular weight excluding hydrogens is 378 g/mol. The van der Waals surface area contributed by atoms with Crippen LogP contribution in [0.4, 0.5) is 5.69 Å². The second-order valence-corrected chi connectivity index (χ2v) is 7.35. The van der Waals surface area contributed by atoms with Crippen LogP contribution in [-0.4, -0.2) is 48.7 Å². The number of ether oxygens (including phenoxy) is 1. The summed E-state index contributed by atoms with van der Waals surface area (Å²) in [6.07, 6.45) is 2.98. The average molecular weight is 399 g/mol.